The van der Waals surface area contributed by atoms with E-state index in [-0.39, 0.29) is 11.9 Å². The van der Waals surface area contributed by atoms with Crippen LogP contribution in [0.1, 0.15) is 18.8 Å². The Balaban J connectivity index is 2.64. The van der Waals surface area contributed by atoms with Crippen molar-refractivity contribution in [1.29, 1.82) is 0 Å². The van der Waals surface area contributed by atoms with Gasteiger partial charge in [0.2, 0.25) is 5.91 Å². The van der Waals surface area contributed by atoms with E-state index in [1.165, 1.54) is 0 Å². The zero-order valence-electron chi connectivity index (χ0n) is 11.7. The fraction of sp³-hybridized carbons (Fsp3) is 0.429. The van der Waals surface area contributed by atoms with Gasteiger partial charge in [0.15, 0.2) is 0 Å². The van der Waals surface area contributed by atoms with Crippen molar-refractivity contribution in [2.45, 2.75) is 19.4 Å². The zero-order valence-corrected chi connectivity index (χ0v) is 13.2. The van der Waals surface area contributed by atoms with Gasteiger partial charge in [0.25, 0.3) is 0 Å². The molecule has 1 atom stereocenters. The van der Waals surface area contributed by atoms with E-state index in [1.54, 1.807) is 25.1 Å². The number of halogens is 2. The number of hydrogen-bond acceptors (Lipinski definition) is 2. The van der Waals surface area contributed by atoms with Gasteiger partial charge in [-0.1, -0.05) is 17.7 Å². The van der Waals surface area contributed by atoms with Gasteiger partial charge >= 0.3 is 0 Å². The summed E-state index contributed by atoms with van der Waals surface area (Å²) >= 11 is 12.1. The first-order valence-corrected chi connectivity index (χ1v) is 7.31. The van der Waals surface area contributed by atoms with Crippen LogP contribution in [0.5, 0.6) is 0 Å². The number of alkyl halides is 1. The molecule has 1 heterocycles. The fourth-order valence-corrected chi connectivity index (χ4v) is 2.75. The summed E-state index contributed by atoms with van der Waals surface area (Å²) in [4.78, 5) is 18.4. The van der Waals surface area contributed by atoms with Gasteiger partial charge in [0, 0.05) is 26.4 Å². The number of nitrogens with zero attached hydrogens (tertiary/aromatic N) is 3. The Labute approximate surface area is 128 Å². The molecule has 0 saturated heterocycles. The lowest BCUT2D eigenvalue weighted by Gasteiger charge is -2.21. The van der Waals surface area contributed by atoms with Crippen LogP contribution in [0.15, 0.2) is 18.2 Å². The number of para-hydroxylation sites is 1. The Kier molecular flexibility index (Phi) is 4.55. The van der Waals surface area contributed by atoms with Crippen LogP contribution in [0.2, 0.25) is 5.02 Å². The third-order valence-corrected chi connectivity index (χ3v) is 3.73. The van der Waals surface area contributed by atoms with Crippen molar-refractivity contribution >= 4 is 40.1 Å². The molecule has 0 N–H and O–H groups in total. The molecule has 2 rings (SSSR count). The number of aryl methyl sites for hydroxylation is 1. The number of carbonyl (C=O) groups excluding carboxylic acids is 1. The molecular formula is C14H17Cl2N3O. The summed E-state index contributed by atoms with van der Waals surface area (Å²) in [6, 6.07) is 5.18. The molecule has 1 unspecified atom stereocenters. The molecule has 0 aliphatic heterocycles. The van der Waals surface area contributed by atoms with E-state index in [0.29, 0.717) is 17.3 Å². The summed E-state index contributed by atoms with van der Waals surface area (Å²) in [5, 5.41) is 0.592. The number of hydrogen-bond donors (Lipinski definition) is 0. The minimum Gasteiger partial charge on any atom is -0.347 e. The van der Waals surface area contributed by atoms with Crippen LogP contribution in [0, 0.1) is 0 Å². The van der Waals surface area contributed by atoms with Gasteiger partial charge in [-0.3, -0.25) is 4.79 Å². The lowest BCUT2D eigenvalue weighted by atomic mass is 10.2. The van der Waals surface area contributed by atoms with Crippen LogP contribution >= 0.6 is 23.2 Å². The molecule has 1 amide bonds. The predicted molar refractivity (Wildman–Crippen MR) is 82.6 cm³/mol. The van der Waals surface area contributed by atoms with Gasteiger partial charge in [-0.25, -0.2) is 4.98 Å². The second-order valence-corrected chi connectivity index (χ2v) is 5.64. The summed E-state index contributed by atoms with van der Waals surface area (Å²) in [6.45, 7) is 1.85. The average molecular weight is 314 g/mol. The molecule has 108 valence electrons. The number of benzene rings is 1. The van der Waals surface area contributed by atoms with Crippen LogP contribution in [0.4, 0.5) is 0 Å². The van der Waals surface area contributed by atoms with Crippen molar-refractivity contribution in [3.8, 4) is 0 Å². The lowest BCUT2D eigenvalue weighted by Crippen LogP contribution is -2.30. The second-order valence-electron chi connectivity index (χ2n) is 4.85. The standard InChI is InChI=1S/C14H17Cl2N3O/c1-9(14(20)18(2)3)19-12(7-8-15)17-11-6-4-5-10(16)13(11)19/h4-6,9H,7-8H2,1-3H3. The fourth-order valence-electron chi connectivity index (χ4n) is 2.32. The minimum absolute atomic E-state index is 0.0000391. The largest absolute Gasteiger partial charge is 0.347 e. The third-order valence-electron chi connectivity index (χ3n) is 3.24. The number of imidazole rings is 1. The molecule has 0 fully saturated rings. The van der Waals surface area contributed by atoms with E-state index in [1.807, 2.05) is 23.6 Å². The van der Waals surface area contributed by atoms with Crippen LogP contribution in [0.25, 0.3) is 11.0 Å². The quantitative estimate of drug-likeness (QED) is 0.813. The van der Waals surface area contributed by atoms with E-state index in [9.17, 15) is 4.79 Å². The predicted octanol–water partition coefficient (Wildman–Crippen LogP) is 3.12. The summed E-state index contributed by atoms with van der Waals surface area (Å²) in [5.74, 6) is 1.23. The Morgan fingerprint density at radius 1 is 1.45 bits per heavy atom. The third kappa shape index (κ3) is 2.63. The topological polar surface area (TPSA) is 38.1 Å². The maximum absolute atomic E-state index is 12.3. The van der Waals surface area contributed by atoms with Gasteiger partial charge < -0.3 is 9.47 Å². The van der Waals surface area contributed by atoms with E-state index >= 15 is 0 Å². The van der Waals surface area contributed by atoms with Gasteiger partial charge in [0.05, 0.1) is 16.1 Å². The Morgan fingerprint density at radius 2 is 2.15 bits per heavy atom. The number of carbonyl (C=O) groups is 1. The van der Waals surface area contributed by atoms with Crippen molar-refractivity contribution in [2.24, 2.45) is 0 Å². The maximum Gasteiger partial charge on any atom is 0.244 e. The SMILES string of the molecule is CC(C(=O)N(C)C)n1c(CCCl)nc2cccc(Cl)c21. The van der Waals surface area contributed by atoms with Gasteiger partial charge in [-0.05, 0) is 19.1 Å². The number of amides is 1. The van der Waals surface area contributed by atoms with E-state index in [2.05, 4.69) is 4.98 Å². The molecule has 4 nitrogen and oxygen atoms in total. The van der Waals surface area contributed by atoms with Gasteiger partial charge in [0.1, 0.15) is 11.9 Å². The molecule has 0 saturated carbocycles. The summed E-state index contributed by atoms with van der Waals surface area (Å²) in [7, 11) is 3.47. The molecule has 2 aromatic rings. The van der Waals surface area contributed by atoms with Crippen LogP contribution in [-0.4, -0.2) is 40.3 Å². The highest BCUT2D eigenvalue weighted by atomic mass is 35.5. The highest BCUT2D eigenvalue weighted by Crippen LogP contribution is 2.28. The van der Waals surface area contributed by atoms with Crippen molar-refractivity contribution in [3.05, 3.63) is 29.0 Å². The Morgan fingerprint density at radius 3 is 2.75 bits per heavy atom. The molecule has 0 spiro atoms. The number of rotatable bonds is 4. The lowest BCUT2D eigenvalue weighted by molar-refractivity contribution is -0.131. The van der Waals surface area contributed by atoms with Crippen molar-refractivity contribution in [3.63, 3.8) is 0 Å². The van der Waals surface area contributed by atoms with Crippen molar-refractivity contribution < 1.29 is 4.79 Å². The van der Waals surface area contributed by atoms with Crippen LogP contribution in [0.3, 0.4) is 0 Å². The van der Waals surface area contributed by atoms with E-state index in [0.717, 1.165) is 16.9 Å². The first-order chi connectivity index (χ1) is 9.47. The smallest absolute Gasteiger partial charge is 0.244 e. The maximum atomic E-state index is 12.3. The molecule has 0 aliphatic rings. The molecule has 6 heteroatoms. The number of fused-ring (bicyclic) bond motifs is 1. The molecule has 20 heavy (non-hydrogen) atoms. The normalized spacial score (nSPS) is 12.7. The van der Waals surface area contributed by atoms with Crippen LogP contribution < -0.4 is 0 Å². The minimum atomic E-state index is -0.367. The highest BCUT2D eigenvalue weighted by molar-refractivity contribution is 6.35. The first kappa shape index (κ1) is 15.1. The Bertz CT molecular complexity index is 637. The van der Waals surface area contributed by atoms with Crippen molar-refractivity contribution in [2.75, 3.05) is 20.0 Å². The van der Waals surface area contributed by atoms with Crippen LogP contribution in [-0.2, 0) is 11.2 Å². The second kappa shape index (κ2) is 6.02. The number of aromatic nitrogens is 2. The van der Waals surface area contributed by atoms with E-state index < -0.39 is 0 Å². The Hall–Kier alpha value is -1.26. The summed E-state index contributed by atoms with van der Waals surface area (Å²) in [6.07, 6.45) is 0.595. The highest BCUT2D eigenvalue weighted by Gasteiger charge is 2.23. The average Bonchev–Trinajstić information content (AvgIpc) is 2.77. The molecular weight excluding hydrogens is 297 g/mol. The molecule has 0 aliphatic carbocycles. The van der Waals surface area contributed by atoms with E-state index in [4.69, 9.17) is 23.2 Å². The van der Waals surface area contributed by atoms with Gasteiger partial charge in [-0.15, -0.1) is 11.6 Å². The number of likely N-dealkylation sites (N-methyl/N-ethyl adjacent to an activating group) is 1. The zero-order chi connectivity index (χ0) is 14.9. The summed E-state index contributed by atoms with van der Waals surface area (Å²) < 4.78 is 1.89. The van der Waals surface area contributed by atoms with Gasteiger partial charge in [-0.2, -0.15) is 0 Å². The molecule has 0 radical (unpaired) electrons. The first-order valence-electron chi connectivity index (χ1n) is 6.39. The monoisotopic (exact) mass is 313 g/mol. The molecule has 1 aromatic heterocycles. The summed E-state index contributed by atoms with van der Waals surface area (Å²) in [5.41, 5.74) is 1.58. The molecule has 1 aromatic carbocycles. The molecule has 0 bridgehead atoms. The van der Waals surface area contributed by atoms with Crippen molar-refractivity contribution in [1.82, 2.24) is 14.5 Å².